The molecule has 2 aromatic heterocycles. The molecule has 1 aliphatic rings. The largest absolute Gasteiger partial charge is 0.365 e. The van der Waals surface area contributed by atoms with E-state index < -0.39 is 5.91 Å². The van der Waals surface area contributed by atoms with Crippen molar-refractivity contribution in [2.45, 2.75) is 13.3 Å². The zero-order valence-electron chi connectivity index (χ0n) is 12.8. The van der Waals surface area contributed by atoms with Crippen molar-refractivity contribution in [3.63, 3.8) is 0 Å². The SMILES string of the molecule is CC1CCN(c2cc(C(=O)Nc3csc(C(N)=O)c3)ccn2)C1. The topological polar surface area (TPSA) is 88.3 Å². The maximum Gasteiger partial charge on any atom is 0.258 e. The van der Waals surface area contributed by atoms with Gasteiger partial charge in [-0.05, 0) is 30.5 Å². The number of nitrogens with one attached hydrogen (secondary N) is 1. The van der Waals surface area contributed by atoms with Gasteiger partial charge in [-0.2, -0.15) is 0 Å². The average Bonchev–Trinajstić information content (AvgIpc) is 3.16. The lowest BCUT2D eigenvalue weighted by Crippen LogP contribution is -2.21. The maximum absolute atomic E-state index is 12.4. The second kappa shape index (κ2) is 6.37. The first kappa shape index (κ1) is 15.5. The number of thiophene rings is 1. The predicted molar refractivity (Wildman–Crippen MR) is 91.0 cm³/mol. The van der Waals surface area contributed by atoms with Gasteiger partial charge in [-0.25, -0.2) is 4.98 Å². The van der Waals surface area contributed by atoms with E-state index in [-0.39, 0.29) is 5.91 Å². The van der Waals surface area contributed by atoms with Crippen LogP contribution in [0.2, 0.25) is 0 Å². The fraction of sp³-hybridized carbons (Fsp3) is 0.312. The van der Waals surface area contributed by atoms with Crippen LogP contribution >= 0.6 is 11.3 Å². The van der Waals surface area contributed by atoms with Gasteiger partial charge in [0.1, 0.15) is 5.82 Å². The van der Waals surface area contributed by atoms with E-state index in [1.54, 1.807) is 29.8 Å². The van der Waals surface area contributed by atoms with E-state index in [4.69, 9.17) is 5.73 Å². The summed E-state index contributed by atoms with van der Waals surface area (Å²) in [5.41, 5.74) is 6.33. The van der Waals surface area contributed by atoms with Crippen LogP contribution in [0.3, 0.4) is 0 Å². The summed E-state index contributed by atoms with van der Waals surface area (Å²) in [5.74, 6) is 0.747. The fourth-order valence-corrected chi connectivity index (χ4v) is 3.30. The molecule has 3 heterocycles. The van der Waals surface area contributed by atoms with Crippen molar-refractivity contribution in [1.82, 2.24) is 4.98 Å². The molecule has 7 heteroatoms. The minimum atomic E-state index is -0.496. The molecule has 3 N–H and O–H groups in total. The van der Waals surface area contributed by atoms with Crippen molar-refractivity contribution in [3.05, 3.63) is 40.2 Å². The molecule has 1 unspecified atom stereocenters. The van der Waals surface area contributed by atoms with Gasteiger partial charge in [0.2, 0.25) is 0 Å². The van der Waals surface area contributed by atoms with Gasteiger partial charge in [-0.1, -0.05) is 6.92 Å². The quantitative estimate of drug-likeness (QED) is 0.900. The Hall–Kier alpha value is -2.41. The van der Waals surface area contributed by atoms with Crippen LogP contribution in [-0.2, 0) is 0 Å². The Morgan fingerprint density at radius 3 is 2.91 bits per heavy atom. The third-order valence-corrected chi connectivity index (χ3v) is 4.80. The molecular formula is C16H18N4O2S. The standard InChI is InChI=1S/C16H18N4O2S/c1-10-3-5-20(8-10)14-6-11(2-4-18-14)16(22)19-12-7-13(15(17)21)23-9-12/h2,4,6-7,9-10H,3,5,8H2,1H3,(H2,17,21)(H,19,22). The maximum atomic E-state index is 12.4. The summed E-state index contributed by atoms with van der Waals surface area (Å²) in [5, 5.41) is 4.47. The first-order valence-electron chi connectivity index (χ1n) is 7.43. The highest BCUT2D eigenvalue weighted by Crippen LogP contribution is 2.23. The number of amides is 2. The van der Waals surface area contributed by atoms with Gasteiger partial charge in [0, 0.05) is 30.2 Å². The van der Waals surface area contributed by atoms with Crippen LogP contribution in [0.25, 0.3) is 0 Å². The Morgan fingerprint density at radius 1 is 1.43 bits per heavy atom. The molecule has 0 aliphatic carbocycles. The predicted octanol–water partition coefficient (Wildman–Crippen LogP) is 2.34. The van der Waals surface area contributed by atoms with Crippen molar-refractivity contribution < 1.29 is 9.59 Å². The van der Waals surface area contributed by atoms with Crippen LogP contribution in [0.1, 0.15) is 33.4 Å². The lowest BCUT2D eigenvalue weighted by Gasteiger charge is -2.17. The van der Waals surface area contributed by atoms with E-state index in [1.807, 2.05) is 0 Å². The number of nitrogens with zero attached hydrogens (tertiary/aromatic N) is 2. The highest BCUT2D eigenvalue weighted by atomic mass is 32.1. The smallest absolute Gasteiger partial charge is 0.258 e. The molecule has 6 nitrogen and oxygen atoms in total. The van der Waals surface area contributed by atoms with Crippen LogP contribution < -0.4 is 16.0 Å². The molecule has 120 valence electrons. The minimum absolute atomic E-state index is 0.227. The summed E-state index contributed by atoms with van der Waals surface area (Å²) in [6.07, 6.45) is 2.79. The zero-order valence-corrected chi connectivity index (χ0v) is 13.6. The van der Waals surface area contributed by atoms with Crippen LogP contribution in [-0.4, -0.2) is 29.9 Å². The summed E-state index contributed by atoms with van der Waals surface area (Å²) in [4.78, 5) is 30.4. The molecule has 3 rings (SSSR count). The summed E-state index contributed by atoms with van der Waals surface area (Å²) < 4.78 is 0. The normalized spacial score (nSPS) is 17.3. The summed E-state index contributed by atoms with van der Waals surface area (Å²) >= 11 is 1.21. The molecule has 2 aromatic rings. The van der Waals surface area contributed by atoms with Gasteiger partial charge in [-0.3, -0.25) is 9.59 Å². The van der Waals surface area contributed by atoms with Crippen molar-refractivity contribution in [2.24, 2.45) is 11.7 Å². The van der Waals surface area contributed by atoms with E-state index >= 15 is 0 Å². The molecule has 0 saturated carbocycles. The highest BCUT2D eigenvalue weighted by molar-refractivity contribution is 7.12. The molecule has 2 amide bonds. The Bertz CT molecular complexity index is 743. The number of nitrogens with two attached hydrogens (primary N) is 1. The lowest BCUT2D eigenvalue weighted by molar-refractivity contribution is 0.0999. The molecule has 23 heavy (non-hydrogen) atoms. The van der Waals surface area contributed by atoms with Crippen LogP contribution in [0.5, 0.6) is 0 Å². The molecular weight excluding hydrogens is 312 g/mol. The van der Waals surface area contributed by atoms with Crippen molar-refractivity contribution >= 4 is 34.7 Å². The number of hydrogen-bond acceptors (Lipinski definition) is 5. The molecule has 0 radical (unpaired) electrons. The van der Waals surface area contributed by atoms with Gasteiger partial charge in [-0.15, -0.1) is 11.3 Å². The van der Waals surface area contributed by atoms with E-state index in [0.717, 1.165) is 25.3 Å². The molecule has 1 aliphatic heterocycles. The molecule has 1 saturated heterocycles. The molecule has 1 fully saturated rings. The van der Waals surface area contributed by atoms with Gasteiger partial charge < -0.3 is 16.0 Å². The van der Waals surface area contributed by atoms with Crippen LogP contribution in [0.15, 0.2) is 29.8 Å². The number of primary amides is 1. The monoisotopic (exact) mass is 330 g/mol. The van der Waals surface area contributed by atoms with E-state index in [0.29, 0.717) is 22.0 Å². The van der Waals surface area contributed by atoms with Crippen molar-refractivity contribution in [1.29, 1.82) is 0 Å². The second-order valence-corrected chi connectivity index (χ2v) is 6.67. The molecule has 0 spiro atoms. The fourth-order valence-electron chi connectivity index (χ4n) is 2.61. The first-order valence-corrected chi connectivity index (χ1v) is 8.31. The average molecular weight is 330 g/mol. The molecule has 1 atom stereocenters. The summed E-state index contributed by atoms with van der Waals surface area (Å²) in [6.45, 7) is 4.14. The number of rotatable bonds is 4. The number of pyridine rings is 1. The Balaban J connectivity index is 1.73. The van der Waals surface area contributed by atoms with Crippen molar-refractivity contribution in [2.75, 3.05) is 23.3 Å². The van der Waals surface area contributed by atoms with E-state index in [9.17, 15) is 9.59 Å². The van der Waals surface area contributed by atoms with E-state index in [1.165, 1.54) is 11.3 Å². The summed E-state index contributed by atoms with van der Waals surface area (Å²) in [7, 11) is 0. The number of hydrogen-bond donors (Lipinski definition) is 2. The second-order valence-electron chi connectivity index (χ2n) is 5.76. The Labute approximate surface area is 138 Å². The summed E-state index contributed by atoms with van der Waals surface area (Å²) in [6, 6.07) is 5.06. The third-order valence-electron chi connectivity index (χ3n) is 3.86. The number of carbonyl (C=O) groups excluding carboxylic acids is 2. The number of aromatic nitrogens is 1. The zero-order chi connectivity index (χ0) is 16.4. The van der Waals surface area contributed by atoms with Gasteiger partial charge in [0.25, 0.3) is 11.8 Å². The molecule has 0 bridgehead atoms. The third kappa shape index (κ3) is 3.50. The first-order chi connectivity index (χ1) is 11.0. The van der Waals surface area contributed by atoms with Gasteiger partial charge >= 0.3 is 0 Å². The van der Waals surface area contributed by atoms with E-state index in [2.05, 4.69) is 22.1 Å². The van der Waals surface area contributed by atoms with Crippen LogP contribution in [0, 0.1) is 5.92 Å². The molecule has 0 aromatic carbocycles. The van der Waals surface area contributed by atoms with Crippen molar-refractivity contribution in [3.8, 4) is 0 Å². The lowest BCUT2D eigenvalue weighted by atomic mass is 10.2. The minimum Gasteiger partial charge on any atom is -0.365 e. The number of carbonyl (C=O) groups is 2. The number of anilines is 2. The van der Waals surface area contributed by atoms with Gasteiger partial charge in [0.15, 0.2) is 0 Å². The van der Waals surface area contributed by atoms with Gasteiger partial charge in [0.05, 0.1) is 10.6 Å². The van der Waals surface area contributed by atoms with Crippen LogP contribution in [0.4, 0.5) is 11.5 Å². The Kier molecular flexibility index (Phi) is 4.29. The highest BCUT2D eigenvalue weighted by Gasteiger charge is 2.20. The Morgan fingerprint density at radius 2 is 2.26 bits per heavy atom.